The normalized spacial score (nSPS) is 14.6. The number of carboxylic acid groups (broad SMARTS) is 2. The molecule has 0 spiro atoms. The van der Waals surface area contributed by atoms with Gasteiger partial charge in [0.15, 0.2) is 5.78 Å². The molecule has 1 aliphatic carbocycles. The summed E-state index contributed by atoms with van der Waals surface area (Å²) in [5.41, 5.74) is 4.09. The van der Waals surface area contributed by atoms with E-state index in [1.54, 1.807) is 11.8 Å². The molecule has 0 bridgehead atoms. The predicted molar refractivity (Wildman–Crippen MR) is 170 cm³/mol. The molecule has 1 aliphatic heterocycles. The van der Waals surface area contributed by atoms with Crippen molar-refractivity contribution in [1.82, 2.24) is 0 Å². The summed E-state index contributed by atoms with van der Waals surface area (Å²) in [5.74, 6) is -2.33. The van der Waals surface area contributed by atoms with E-state index in [4.69, 9.17) is 30.6 Å². The average Bonchev–Trinajstić information content (AvgIpc) is 2.96. The Morgan fingerprint density at radius 3 is 2.07 bits per heavy atom. The number of carbonyl (C=O) groups excluding carboxylic acids is 2. The molecule has 4 rings (SSSR count). The third-order valence-corrected chi connectivity index (χ3v) is 7.40. The molecule has 0 radical (unpaired) electrons. The van der Waals surface area contributed by atoms with E-state index in [0.29, 0.717) is 31.4 Å². The highest BCUT2D eigenvalue weighted by Gasteiger charge is 2.32. The number of nitrogens with one attached hydrogen (secondary N) is 2. The summed E-state index contributed by atoms with van der Waals surface area (Å²) in [5, 5.41) is 31.1. The van der Waals surface area contributed by atoms with Crippen molar-refractivity contribution < 1.29 is 29.4 Å². The minimum Gasteiger partial charge on any atom is -0.481 e. The van der Waals surface area contributed by atoms with Gasteiger partial charge in [-0.25, -0.2) is 0 Å². The maximum atomic E-state index is 12.9. The zero-order valence-electron chi connectivity index (χ0n) is 25.0. The Kier molecular flexibility index (Phi) is 13.8. The van der Waals surface area contributed by atoms with Gasteiger partial charge in [0.25, 0.3) is 11.9 Å². The van der Waals surface area contributed by atoms with Gasteiger partial charge in [0, 0.05) is 41.7 Å². The van der Waals surface area contributed by atoms with Crippen LogP contribution in [-0.2, 0) is 20.9 Å². The minimum absolute atomic E-state index is 0.104. The number of nitrogens with zero attached hydrogens (tertiary/aromatic N) is 1. The molecule has 2 aliphatic rings. The Bertz CT molecular complexity index is 1410. The zero-order chi connectivity index (χ0) is 32.1. The summed E-state index contributed by atoms with van der Waals surface area (Å²) >= 11 is 1.56. The number of fused-ring (bicyclic) bond motifs is 2. The van der Waals surface area contributed by atoms with Crippen LogP contribution in [0.4, 0.5) is 5.69 Å². The molecule has 2 aromatic rings. The predicted octanol–water partition coefficient (Wildman–Crippen LogP) is 7.16. The van der Waals surface area contributed by atoms with Gasteiger partial charge in [-0.05, 0) is 43.0 Å². The molecule has 1 unspecified atom stereocenters. The summed E-state index contributed by atoms with van der Waals surface area (Å²) < 4.78 is 0. The van der Waals surface area contributed by atoms with Crippen molar-refractivity contribution in [3.63, 3.8) is 0 Å². The van der Waals surface area contributed by atoms with E-state index in [1.807, 2.05) is 56.3 Å². The van der Waals surface area contributed by atoms with Gasteiger partial charge in [-0.15, -0.1) is 0 Å². The van der Waals surface area contributed by atoms with Gasteiger partial charge >= 0.3 is 0 Å². The number of ketones is 2. The van der Waals surface area contributed by atoms with Crippen LogP contribution in [0.1, 0.15) is 75.7 Å². The Hall–Kier alpha value is -4.31. The van der Waals surface area contributed by atoms with Gasteiger partial charge in [0.1, 0.15) is 0 Å². The lowest BCUT2D eigenvalue weighted by atomic mass is 9.90. The van der Waals surface area contributed by atoms with Crippen LogP contribution in [0.15, 0.2) is 76.2 Å². The fraction of sp³-hybridized carbons (Fsp3) is 0.333. The van der Waals surface area contributed by atoms with Crippen LogP contribution in [0, 0.1) is 16.7 Å². The van der Waals surface area contributed by atoms with Gasteiger partial charge < -0.3 is 25.9 Å². The first-order chi connectivity index (χ1) is 20.4. The van der Waals surface area contributed by atoms with Crippen molar-refractivity contribution in [2.45, 2.75) is 71.2 Å². The quantitative estimate of drug-likeness (QED) is 0.164. The maximum absolute atomic E-state index is 12.9. The summed E-state index contributed by atoms with van der Waals surface area (Å²) in [6, 6.07) is 15.9. The second-order valence-corrected chi connectivity index (χ2v) is 11.1. The number of Topliss-reactive ketones (excluding diaryl/α,β-unsaturated/α-hetero) is 2. The Morgan fingerprint density at radius 1 is 0.907 bits per heavy atom. The van der Waals surface area contributed by atoms with Gasteiger partial charge in [-0.2, -0.15) is 0 Å². The van der Waals surface area contributed by atoms with Crippen molar-refractivity contribution in [3.8, 4) is 0 Å². The molecule has 0 fully saturated rings. The largest absolute Gasteiger partial charge is 0.481 e. The lowest BCUT2D eigenvalue weighted by molar-refractivity contribution is -0.135. The summed E-state index contributed by atoms with van der Waals surface area (Å²) in [6.07, 6.45) is 7.21. The molecule has 0 amide bonds. The third-order valence-electron chi connectivity index (χ3n) is 6.29. The number of rotatable bonds is 10. The highest BCUT2D eigenvalue weighted by molar-refractivity contribution is 8.03. The highest BCUT2D eigenvalue weighted by Crippen LogP contribution is 2.49. The van der Waals surface area contributed by atoms with Gasteiger partial charge in [0.2, 0.25) is 5.78 Å². The average molecular weight is 606 g/mol. The molecule has 1 heterocycles. The summed E-state index contributed by atoms with van der Waals surface area (Å²) in [6.45, 7) is 6.78. The number of carboxylic acids is 2. The molecule has 0 saturated heterocycles. The second-order valence-electron chi connectivity index (χ2n) is 10.0. The van der Waals surface area contributed by atoms with Gasteiger partial charge in [-0.3, -0.25) is 19.2 Å². The lowest BCUT2D eigenvalue weighted by Gasteiger charge is -2.37. The Labute approximate surface area is 256 Å². The van der Waals surface area contributed by atoms with E-state index in [9.17, 15) is 9.59 Å². The van der Waals surface area contributed by atoms with E-state index in [2.05, 4.69) is 23.1 Å². The number of hydrogen-bond donors (Lipinski definition) is 4. The van der Waals surface area contributed by atoms with Crippen molar-refractivity contribution in [3.05, 3.63) is 82.4 Å². The van der Waals surface area contributed by atoms with Crippen LogP contribution in [0.2, 0.25) is 0 Å². The minimum atomic E-state index is -0.833. The number of benzene rings is 2. The molecule has 228 valence electrons. The van der Waals surface area contributed by atoms with Crippen LogP contribution < -0.4 is 4.90 Å². The first kappa shape index (κ1) is 34.9. The first-order valence-electron chi connectivity index (χ1n) is 14.1. The Morgan fingerprint density at radius 2 is 1.49 bits per heavy atom. The monoisotopic (exact) mass is 605 g/mol. The van der Waals surface area contributed by atoms with Gasteiger partial charge in [0.05, 0.1) is 22.8 Å². The van der Waals surface area contributed by atoms with Crippen molar-refractivity contribution in [2.24, 2.45) is 5.92 Å². The maximum Gasteiger partial charge on any atom is 0.300 e. The van der Waals surface area contributed by atoms with E-state index < -0.39 is 11.9 Å². The lowest BCUT2D eigenvalue weighted by Crippen LogP contribution is -2.30. The standard InChI is InChI=1S/C29H31N3O2S.2C2H4O2/c1-3-8-22(30)28(33)20-12-14-24-26(16-20)35-27-17-21(29(34)23(31)9-4-2)13-15-25(27)32(24)18-19-10-6-5-7-11-19;2*1-2(3)4/h5-7,10-12,14-17,21,30-31H,3-4,8-9,13,18H2,1-2H3;2*1H3,(H,3,4). The van der Waals surface area contributed by atoms with Crippen LogP contribution >= 0.6 is 11.8 Å². The molecular formula is C33H39N3O6S. The van der Waals surface area contributed by atoms with Crippen LogP contribution in [0.25, 0.3) is 0 Å². The molecule has 0 saturated carbocycles. The van der Waals surface area contributed by atoms with Gasteiger partial charge in [-0.1, -0.05) is 80.9 Å². The molecule has 10 heteroatoms. The van der Waals surface area contributed by atoms with E-state index in [0.717, 1.165) is 47.9 Å². The van der Waals surface area contributed by atoms with Crippen molar-refractivity contribution >= 4 is 52.4 Å². The highest BCUT2D eigenvalue weighted by atomic mass is 32.2. The summed E-state index contributed by atoms with van der Waals surface area (Å²) in [4.78, 5) is 47.9. The van der Waals surface area contributed by atoms with Crippen LogP contribution in [0.5, 0.6) is 0 Å². The fourth-order valence-corrected chi connectivity index (χ4v) is 5.70. The third kappa shape index (κ3) is 10.5. The zero-order valence-corrected chi connectivity index (χ0v) is 25.8. The smallest absolute Gasteiger partial charge is 0.300 e. The molecular weight excluding hydrogens is 566 g/mol. The topological polar surface area (TPSA) is 160 Å². The first-order valence-corrected chi connectivity index (χ1v) is 14.9. The number of aliphatic carboxylic acids is 2. The molecule has 9 nitrogen and oxygen atoms in total. The fourth-order valence-electron chi connectivity index (χ4n) is 4.47. The molecule has 43 heavy (non-hydrogen) atoms. The van der Waals surface area contributed by atoms with Crippen molar-refractivity contribution in [1.29, 1.82) is 10.8 Å². The molecule has 0 aromatic heterocycles. The van der Waals surface area contributed by atoms with E-state index >= 15 is 0 Å². The number of allylic oxidation sites excluding steroid dienone is 2. The van der Waals surface area contributed by atoms with Crippen molar-refractivity contribution in [2.75, 3.05) is 4.90 Å². The Balaban J connectivity index is 0.000000719. The van der Waals surface area contributed by atoms with Crippen LogP contribution in [-0.4, -0.2) is 45.1 Å². The number of carbonyl (C=O) groups is 4. The molecule has 1 atom stereocenters. The summed E-state index contributed by atoms with van der Waals surface area (Å²) in [7, 11) is 0. The second kappa shape index (κ2) is 17.0. The SMILES string of the molecule is CC(=O)O.CC(=O)O.CCCC(=N)C(=O)c1ccc2c(c1)SC1=CC(C(=O)C(=N)CCC)CC=C1N2Cc1ccccc1. The van der Waals surface area contributed by atoms with Crippen LogP contribution in [0.3, 0.4) is 0 Å². The number of anilines is 1. The van der Waals surface area contributed by atoms with E-state index in [1.165, 1.54) is 5.56 Å². The number of thioether (sulfide) groups is 1. The molecule has 2 aromatic carbocycles. The number of hydrogen-bond acceptors (Lipinski definition) is 8. The van der Waals surface area contributed by atoms with E-state index in [-0.39, 0.29) is 28.9 Å². The molecule has 4 N–H and O–H groups in total.